The van der Waals surface area contributed by atoms with Gasteiger partial charge in [-0.05, 0) is 82.9 Å². The van der Waals surface area contributed by atoms with E-state index in [9.17, 15) is 9.18 Å². The molecular formula is C26H31ClFN5O2. The Labute approximate surface area is 210 Å². The molecule has 1 atom stereocenters. The molecular weight excluding hydrogens is 469 g/mol. The quantitative estimate of drug-likeness (QED) is 0.461. The summed E-state index contributed by atoms with van der Waals surface area (Å²) in [7, 11) is 0. The number of hydrogen-bond acceptors (Lipinski definition) is 7. The Balaban J connectivity index is 1.38. The summed E-state index contributed by atoms with van der Waals surface area (Å²) in [5.74, 6) is 0.270. The highest BCUT2D eigenvalue weighted by Gasteiger charge is 2.43. The van der Waals surface area contributed by atoms with Gasteiger partial charge in [-0.25, -0.2) is 14.8 Å². The molecule has 186 valence electrons. The minimum absolute atomic E-state index is 0.147. The van der Waals surface area contributed by atoms with Gasteiger partial charge >= 0.3 is 5.97 Å². The third-order valence-corrected chi connectivity index (χ3v) is 7.24. The molecule has 0 spiro atoms. The van der Waals surface area contributed by atoms with Crippen molar-refractivity contribution in [2.75, 3.05) is 0 Å². The van der Waals surface area contributed by atoms with Crippen LogP contribution in [0.2, 0.25) is 0 Å². The third kappa shape index (κ3) is 4.81. The first kappa shape index (κ1) is 23.9. The minimum Gasteiger partial charge on any atom is -0.458 e. The van der Waals surface area contributed by atoms with Gasteiger partial charge in [0.2, 0.25) is 5.95 Å². The molecule has 5 rings (SSSR count). The molecule has 3 heterocycles. The average molecular weight is 500 g/mol. The Hall–Kier alpha value is -2.87. The lowest BCUT2D eigenvalue weighted by molar-refractivity contribution is -0.158. The van der Waals surface area contributed by atoms with E-state index in [0.29, 0.717) is 18.4 Å². The molecule has 0 radical (unpaired) electrons. The molecule has 1 fully saturated rings. The molecule has 1 unspecified atom stereocenters. The molecule has 2 aliphatic heterocycles. The van der Waals surface area contributed by atoms with Crippen LogP contribution in [0.5, 0.6) is 0 Å². The normalized spacial score (nSPS) is 26.4. The van der Waals surface area contributed by atoms with Crippen LogP contribution >= 0.6 is 11.6 Å². The number of aromatic nitrogens is 1. The van der Waals surface area contributed by atoms with E-state index in [4.69, 9.17) is 21.4 Å². The predicted molar refractivity (Wildman–Crippen MR) is 132 cm³/mol. The molecule has 4 aliphatic rings. The van der Waals surface area contributed by atoms with Crippen LogP contribution in [0.25, 0.3) is 0 Å². The van der Waals surface area contributed by atoms with E-state index in [1.807, 2.05) is 49.0 Å². The van der Waals surface area contributed by atoms with Crippen LogP contribution in [0.15, 0.2) is 57.8 Å². The van der Waals surface area contributed by atoms with Crippen molar-refractivity contribution in [3.05, 3.63) is 64.2 Å². The zero-order chi connectivity index (χ0) is 24.7. The van der Waals surface area contributed by atoms with Crippen LogP contribution in [0, 0.1) is 5.95 Å². The number of fused-ring (bicyclic) bond motifs is 1. The van der Waals surface area contributed by atoms with E-state index in [0.717, 1.165) is 47.8 Å². The maximum Gasteiger partial charge on any atom is 0.334 e. The second kappa shape index (κ2) is 9.30. The number of halogens is 2. The fourth-order valence-electron chi connectivity index (χ4n) is 5.36. The Morgan fingerprint density at radius 2 is 2.00 bits per heavy atom. The fraction of sp³-hybridized carbons (Fsp3) is 0.500. The number of nitrogens with zero attached hydrogens (tertiary/aromatic N) is 4. The number of hydrazone groups is 1. The number of carbonyl (C=O) groups is 1. The average Bonchev–Trinajstić information content (AvgIpc) is 3.14. The summed E-state index contributed by atoms with van der Waals surface area (Å²) in [5, 5.41) is 10.8. The number of ether oxygens (including phenoxy) is 1. The molecule has 0 aromatic carbocycles. The van der Waals surface area contributed by atoms with Crippen LogP contribution in [-0.4, -0.2) is 44.9 Å². The molecule has 1 saturated carbocycles. The van der Waals surface area contributed by atoms with Crippen molar-refractivity contribution in [2.24, 2.45) is 5.10 Å². The highest BCUT2D eigenvalue weighted by molar-refractivity contribution is 6.29. The van der Waals surface area contributed by atoms with Gasteiger partial charge in [0.15, 0.2) is 6.04 Å². The molecule has 1 aromatic rings. The maximum absolute atomic E-state index is 14.2. The van der Waals surface area contributed by atoms with Crippen molar-refractivity contribution in [1.82, 2.24) is 20.2 Å². The second-order valence-electron chi connectivity index (χ2n) is 10.5. The van der Waals surface area contributed by atoms with E-state index < -0.39 is 11.6 Å². The summed E-state index contributed by atoms with van der Waals surface area (Å²) in [6.45, 7) is 5.62. The zero-order valence-electron chi connectivity index (χ0n) is 20.3. The van der Waals surface area contributed by atoms with E-state index >= 15 is 0 Å². The largest absolute Gasteiger partial charge is 0.458 e. The van der Waals surface area contributed by atoms with Gasteiger partial charge in [-0.1, -0.05) is 17.7 Å². The number of carbonyl (C=O) groups excluding carboxylic acids is 1. The minimum atomic E-state index is -0.624. The number of allylic oxidation sites excluding steroid dienone is 2. The summed E-state index contributed by atoms with van der Waals surface area (Å²) in [5.41, 5.74) is 1.86. The van der Waals surface area contributed by atoms with Crippen LogP contribution in [0.1, 0.15) is 70.8 Å². The summed E-state index contributed by atoms with van der Waals surface area (Å²) in [4.78, 5) is 19.2. The van der Waals surface area contributed by atoms with Gasteiger partial charge < -0.3 is 10.1 Å². The molecule has 7 nitrogen and oxygen atoms in total. The standard InChI is InChI=1S/C26H31ClFN5O2/c1-26(2,3)35-25(34)23-20-11-8-17(27)13-21(20)30-14-22-32(23)15-31-33(22)18-9-6-16(7-10-18)19-5-4-12-29-24(19)28/h4-5,12-16,18,23,30H,6-11H2,1-3H3/t16-,18-,23?. The topological polar surface area (TPSA) is 70.1 Å². The predicted octanol–water partition coefficient (Wildman–Crippen LogP) is 5.09. The number of hydrogen-bond donors (Lipinski definition) is 1. The lowest BCUT2D eigenvalue weighted by atomic mass is 9.82. The van der Waals surface area contributed by atoms with Crippen molar-refractivity contribution in [3.8, 4) is 0 Å². The zero-order valence-corrected chi connectivity index (χ0v) is 21.1. The van der Waals surface area contributed by atoms with E-state index in [1.165, 1.54) is 6.20 Å². The van der Waals surface area contributed by atoms with Crippen molar-refractivity contribution >= 4 is 23.9 Å². The highest BCUT2D eigenvalue weighted by atomic mass is 35.5. The summed E-state index contributed by atoms with van der Waals surface area (Å²) in [6.07, 6.45) is 11.8. The Kier molecular flexibility index (Phi) is 6.34. The lowest BCUT2D eigenvalue weighted by Crippen LogP contribution is -2.45. The smallest absolute Gasteiger partial charge is 0.334 e. The number of esters is 1. The highest BCUT2D eigenvalue weighted by Crippen LogP contribution is 2.40. The maximum atomic E-state index is 14.2. The van der Waals surface area contributed by atoms with Crippen LogP contribution in [-0.2, 0) is 9.53 Å². The van der Waals surface area contributed by atoms with Gasteiger partial charge in [0, 0.05) is 28.7 Å². The van der Waals surface area contributed by atoms with Crippen LogP contribution < -0.4 is 5.32 Å². The molecule has 1 aromatic heterocycles. The second-order valence-corrected chi connectivity index (χ2v) is 11.0. The van der Waals surface area contributed by atoms with E-state index in [1.54, 1.807) is 12.4 Å². The Bertz CT molecular complexity index is 1130. The first-order valence-corrected chi connectivity index (χ1v) is 12.6. The number of rotatable bonds is 3. The van der Waals surface area contributed by atoms with Crippen LogP contribution in [0.3, 0.4) is 0 Å². The van der Waals surface area contributed by atoms with Gasteiger partial charge in [-0.2, -0.15) is 9.49 Å². The summed E-state index contributed by atoms with van der Waals surface area (Å²) in [6, 6.07) is 3.15. The fourth-order valence-corrected chi connectivity index (χ4v) is 5.56. The molecule has 0 amide bonds. The van der Waals surface area contributed by atoms with Crippen molar-refractivity contribution in [3.63, 3.8) is 0 Å². The Morgan fingerprint density at radius 1 is 1.23 bits per heavy atom. The molecule has 35 heavy (non-hydrogen) atoms. The third-order valence-electron chi connectivity index (χ3n) is 6.95. The van der Waals surface area contributed by atoms with Gasteiger partial charge in [0.05, 0.1) is 6.04 Å². The van der Waals surface area contributed by atoms with Gasteiger partial charge in [-0.3, -0.25) is 4.90 Å². The van der Waals surface area contributed by atoms with Gasteiger partial charge in [0.25, 0.3) is 0 Å². The van der Waals surface area contributed by atoms with Crippen molar-refractivity contribution < 1.29 is 13.9 Å². The summed E-state index contributed by atoms with van der Waals surface area (Å²) < 4.78 is 20.0. The molecule has 2 aliphatic carbocycles. The SMILES string of the molecule is CC(C)(C)OC(=O)C1C2=C(C=C(Cl)CC2)NC=C2N1C=NN2[C@H]1CC[C@H](c2cccnc2F)CC1. The van der Waals surface area contributed by atoms with Gasteiger partial charge in [0.1, 0.15) is 17.8 Å². The van der Waals surface area contributed by atoms with Crippen molar-refractivity contribution in [1.29, 1.82) is 0 Å². The molecule has 9 heteroatoms. The van der Waals surface area contributed by atoms with E-state index in [2.05, 4.69) is 10.3 Å². The van der Waals surface area contributed by atoms with E-state index in [-0.39, 0.29) is 23.9 Å². The lowest BCUT2D eigenvalue weighted by Gasteiger charge is -2.36. The summed E-state index contributed by atoms with van der Waals surface area (Å²) >= 11 is 6.34. The van der Waals surface area contributed by atoms with Crippen LogP contribution in [0.4, 0.5) is 4.39 Å². The first-order chi connectivity index (χ1) is 16.7. The Morgan fingerprint density at radius 3 is 2.71 bits per heavy atom. The molecule has 0 saturated heterocycles. The molecule has 0 bridgehead atoms. The molecule has 1 N–H and O–H groups in total. The number of nitrogens with one attached hydrogen (secondary N) is 1. The van der Waals surface area contributed by atoms with Crippen molar-refractivity contribution in [2.45, 2.75) is 82.9 Å². The number of pyridine rings is 1. The monoisotopic (exact) mass is 499 g/mol. The first-order valence-electron chi connectivity index (χ1n) is 12.2. The van der Waals surface area contributed by atoms with Gasteiger partial charge in [-0.15, -0.1) is 0 Å².